The zero-order valence-electron chi connectivity index (χ0n) is 14.5. The molecule has 8 heteroatoms. The van der Waals surface area contributed by atoms with Crippen molar-refractivity contribution in [3.05, 3.63) is 52.6 Å². The predicted molar refractivity (Wildman–Crippen MR) is 98.1 cm³/mol. The van der Waals surface area contributed by atoms with E-state index < -0.39 is 23.2 Å². The van der Waals surface area contributed by atoms with Gasteiger partial charge in [-0.25, -0.2) is 4.79 Å². The third-order valence-corrected chi connectivity index (χ3v) is 4.85. The average Bonchev–Trinajstić information content (AvgIpc) is 3.25. The quantitative estimate of drug-likeness (QED) is 0.590. The van der Waals surface area contributed by atoms with Crippen LogP contribution in [-0.2, 0) is 14.3 Å². The first kappa shape index (κ1) is 18.5. The maximum Gasteiger partial charge on any atom is 0.328 e. The van der Waals surface area contributed by atoms with Crippen molar-refractivity contribution in [3.8, 4) is 17.4 Å². The average molecular weight is 382 g/mol. The number of nitriles is 1. The van der Waals surface area contributed by atoms with Gasteiger partial charge >= 0.3 is 5.97 Å². The van der Waals surface area contributed by atoms with Gasteiger partial charge in [0.2, 0.25) is 0 Å². The number of benzene rings is 1. The highest BCUT2D eigenvalue weighted by Crippen LogP contribution is 2.35. The van der Waals surface area contributed by atoms with Crippen LogP contribution in [0.25, 0.3) is 17.4 Å². The minimum Gasteiger partial charge on any atom is -0.467 e. The van der Waals surface area contributed by atoms with Crippen molar-refractivity contribution in [2.45, 2.75) is 13.0 Å². The van der Waals surface area contributed by atoms with E-state index in [2.05, 4.69) is 10.8 Å². The molecule has 2 amide bonds. The Labute approximate surface area is 159 Å². The van der Waals surface area contributed by atoms with E-state index in [0.717, 1.165) is 16.7 Å². The summed E-state index contributed by atoms with van der Waals surface area (Å²) in [6, 6.07) is 11.4. The third-order valence-electron chi connectivity index (χ3n) is 3.97. The van der Waals surface area contributed by atoms with Crippen molar-refractivity contribution in [1.82, 2.24) is 4.90 Å². The Morgan fingerprint density at radius 3 is 2.74 bits per heavy atom. The first-order valence-corrected chi connectivity index (χ1v) is 8.72. The molecule has 1 aliphatic rings. The monoisotopic (exact) mass is 382 g/mol. The lowest BCUT2D eigenvalue weighted by Crippen LogP contribution is -2.42. The number of nitrogens with zero attached hydrogens (tertiary/aromatic N) is 2. The molecule has 1 saturated heterocycles. The molecule has 2 aromatic rings. The van der Waals surface area contributed by atoms with Gasteiger partial charge in [0.1, 0.15) is 17.6 Å². The molecule has 0 N–H and O–H groups in total. The Balaban J connectivity index is 1.87. The topological polar surface area (TPSA) is 101 Å². The molecule has 0 bridgehead atoms. The predicted octanol–water partition coefficient (Wildman–Crippen LogP) is 3.42. The summed E-state index contributed by atoms with van der Waals surface area (Å²) in [6.07, 6.45) is 1.44. The number of carbonyl (C=O) groups is 3. The number of thioether (sulfide) groups is 1. The Kier molecular flexibility index (Phi) is 5.14. The Hall–Kier alpha value is -3.31. The van der Waals surface area contributed by atoms with Crippen LogP contribution in [0, 0.1) is 11.3 Å². The molecule has 136 valence electrons. The van der Waals surface area contributed by atoms with E-state index in [1.807, 2.05) is 0 Å². The first-order valence-electron chi connectivity index (χ1n) is 7.90. The van der Waals surface area contributed by atoms with Crippen LogP contribution in [0.15, 0.2) is 45.7 Å². The van der Waals surface area contributed by atoms with Gasteiger partial charge in [-0.05, 0) is 43.0 Å². The zero-order valence-corrected chi connectivity index (χ0v) is 15.3. The number of furan rings is 1. The van der Waals surface area contributed by atoms with Gasteiger partial charge in [-0.2, -0.15) is 5.26 Å². The number of rotatable bonds is 4. The maximum atomic E-state index is 12.5. The van der Waals surface area contributed by atoms with E-state index in [-0.39, 0.29) is 4.91 Å². The summed E-state index contributed by atoms with van der Waals surface area (Å²) in [4.78, 5) is 37.2. The van der Waals surface area contributed by atoms with Gasteiger partial charge in [0.05, 0.1) is 23.6 Å². The largest absolute Gasteiger partial charge is 0.467 e. The summed E-state index contributed by atoms with van der Waals surface area (Å²) in [5.74, 6) is -0.431. The van der Waals surface area contributed by atoms with Crippen molar-refractivity contribution in [2.24, 2.45) is 0 Å². The van der Waals surface area contributed by atoms with Crippen LogP contribution >= 0.6 is 11.8 Å². The van der Waals surface area contributed by atoms with Gasteiger partial charge in [-0.3, -0.25) is 14.5 Å². The van der Waals surface area contributed by atoms with Crippen molar-refractivity contribution in [3.63, 3.8) is 0 Å². The SMILES string of the molecule is COC(=O)[C@H](C)N1C(=O)S/C(=C\c2ccc(-c3ccccc3C#N)o2)C1=O. The number of imide groups is 1. The molecule has 0 unspecified atom stereocenters. The highest BCUT2D eigenvalue weighted by Gasteiger charge is 2.41. The molecule has 3 rings (SSSR count). The van der Waals surface area contributed by atoms with Gasteiger partial charge in [-0.1, -0.05) is 12.1 Å². The van der Waals surface area contributed by atoms with Crippen LogP contribution in [0.2, 0.25) is 0 Å². The molecule has 0 radical (unpaired) electrons. The van der Waals surface area contributed by atoms with Gasteiger partial charge in [0.15, 0.2) is 0 Å². The van der Waals surface area contributed by atoms with Crippen LogP contribution < -0.4 is 0 Å². The molecule has 1 atom stereocenters. The lowest BCUT2D eigenvalue weighted by atomic mass is 10.1. The smallest absolute Gasteiger partial charge is 0.328 e. The fourth-order valence-electron chi connectivity index (χ4n) is 2.59. The molecule has 1 aromatic heterocycles. The molecular formula is C19H14N2O5S. The van der Waals surface area contributed by atoms with Crippen LogP contribution in [-0.4, -0.2) is 35.2 Å². The molecule has 7 nitrogen and oxygen atoms in total. The minimum absolute atomic E-state index is 0.144. The van der Waals surface area contributed by atoms with Gasteiger partial charge < -0.3 is 9.15 Å². The number of methoxy groups -OCH3 is 1. The second-order valence-corrected chi connectivity index (χ2v) is 6.60. The molecule has 1 aromatic carbocycles. The van der Waals surface area contributed by atoms with Crippen LogP contribution in [0.3, 0.4) is 0 Å². The fraction of sp³-hybridized carbons (Fsp3) is 0.158. The minimum atomic E-state index is -1.01. The molecule has 1 fully saturated rings. The maximum absolute atomic E-state index is 12.5. The normalized spacial score (nSPS) is 16.5. The molecule has 2 heterocycles. The zero-order chi connectivity index (χ0) is 19.6. The van der Waals surface area contributed by atoms with Gasteiger partial charge in [0, 0.05) is 11.6 Å². The second kappa shape index (κ2) is 7.51. The number of hydrogen-bond acceptors (Lipinski definition) is 7. The van der Waals surface area contributed by atoms with Gasteiger partial charge in [0.25, 0.3) is 11.1 Å². The van der Waals surface area contributed by atoms with E-state index in [1.54, 1.807) is 36.4 Å². The molecular weight excluding hydrogens is 368 g/mol. The highest BCUT2D eigenvalue weighted by atomic mass is 32.2. The van der Waals surface area contributed by atoms with E-state index in [9.17, 15) is 19.6 Å². The first-order chi connectivity index (χ1) is 13.0. The molecule has 0 aliphatic carbocycles. The van der Waals surface area contributed by atoms with E-state index >= 15 is 0 Å². The highest BCUT2D eigenvalue weighted by molar-refractivity contribution is 8.18. The number of ether oxygens (including phenoxy) is 1. The summed E-state index contributed by atoms with van der Waals surface area (Å²) in [5.41, 5.74) is 1.10. The van der Waals surface area contributed by atoms with E-state index in [4.69, 9.17) is 4.42 Å². The number of esters is 1. The second-order valence-electron chi connectivity index (χ2n) is 5.61. The Morgan fingerprint density at radius 2 is 2.04 bits per heavy atom. The van der Waals surface area contributed by atoms with Crippen LogP contribution in [0.1, 0.15) is 18.2 Å². The Morgan fingerprint density at radius 1 is 1.30 bits per heavy atom. The summed E-state index contributed by atoms with van der Waals surface area (Å²) < 4.78 is 10.3. The van der Waals surface area contributed by atoms with Crippen LogP contribution in [0.4, 0.5) is 4.79 Å². The van der Waals surface area contributed by atoms with Crippen molar-refractivity contribution >= 4 is 35.0 Å². The van der Waals surface area contributed by atoms with Crippen molar-refractivity contribution in [2.75, 3.05) is 7.11 Å². The van der Waals surface area contributed by atoms with E-state index in [0.29, 0.717) is 22.6 Å². The molecule has 27 heavy (non-hydrogen) atoms. The van der Waals surface area contributed by atoms with Crippen LogP contribution in [0.5, 0.6) is 0 Å². The summed E-state index contributed by atoms with van der Waals surface area (Å²) in [6.45, 7) is 1.43. The summed E-state index contributed by atoms with van der Waals surface area (Å²) >= 11 is 0.724. The lowest BCUT2D eigenvalue weighted by Gasteiger charge is -2.18. The summed E-state index contributed by atoms with van der Waals surface area (Å²) in [7, 11) is 1.19. The molecule has 0 spiro atoms. The lowest BCUT2D eigenvalue weighted by molar-refractivity contribution is -0.148. The van der Waals surface area contributed by atoms with E-state index in [1.165, 1.54) is 20.1 Å². The van der Waals surface area contributed by atoms with Crippen molar-refractivity contribution < 1.29 is 23.5 Å². The van der Waals surface area contributed by atoms with Crippen molar-refractivity contribution in [1.29, 1.82) is 5.26 Å². The number of hydrogen-bond donors (Lipinski definition) is 0. The van der Waals surface area contributed by atoms with Gasteiger partial charge in [-0.15, -0.1) is 0 Å². The Bertz CT molecular complexity index is 1000. The molecule has 1 aliphatic heterocycles. The molecule has 0 saturated carbocycles. The fourth-order valence-corrected chi connectivity index (χ4v) is 3.48. The summed E-state index contributed by atoms with van der Waals surface area (Å²) in [5, 5.41) is 8.64. The number of amides is 2. The third kappa shape index (κ3) is 3.50. The number of carbonyl (C=O) groups excluding carboxylic acids is 3. The standard InChI is InChI=1S/C19H14N2O5S/c1-11(18(23)25-2)21-17(22)16(27-19(21)24)9-13-7-8-15(26-13)14-6-4-3-5-12(14)10-20/h3-9,11H,1-2H3/b16-9-/t11-/m0/s1.